The number of aromatic nitrogens is 3. The number of carboxylic acid groups (broad SMARTS) is 1. The van der Waals surface area contributed by atoms with Gasteiger partial charge >= 0.3 is 5.97 Å². The number of nitrogens with zero attached hydrogens (tertiary/aromatic N) is 4. The Kier molecular flexibility index (Phi) is 4.52. The lowest BCUT2D eigenvalue weighted by atomic mass is 10.1. The SMILES string of the molecule is Cc1noc(-c2ccc(N3CCNCC(CC(=O)O)C3)nc2)n1. The highest BCUT2D eigenvalue weighted by Crippen LogP contribution is 2.21. The summed E-state index contributed by atoms with van der Waals surface area (Å²) in [6.07, 6.45) is 1.86. The molecule has 0 amide bonds. The third-order valence-electron chi connectivity index (χ3n) is 3.78. The summed E-state index contributed by atoms with van der Waals surface area (Å²) >= 11 is 0. The maximum atomic E-state index is 10.9. The average molecular weight is 317 g/mol. The maximum Gasteiger partial charge on any atom is 0.303 e. The molecular formula is C15H19N5O3. The molecule has 2 aromatic heterocycles. The van der Waals surface area contributed by atoms with Gasteiger partial charge in [0, 0.05) is 32.4 Å². The summed E-state index contributed by atoms with van der Waals surface area (Å²) in [5, 5.41) is 16.0. The molecule has 122 valence electrons. The van der Waals surface area contributed by atoms with Gasteiger partial charge in [-0.1, -0.05) is 5.16 Å². The second kappa shape index (κ2) is 6.74. The van der Waals surface area contributed by atoms with Crippen LogP contribution in [0.3, 0.4) is 0 Å². The van der Waals surface area contributed by atoms with Gasteiger partial charge in [-0.2, -0.15) is 4.98 Å². The number of anilines is 1. The van der Waals surface area contributed by atoms with Crippen molar-refractivity contribution < 1.29 is 14.4 Å². The van der Waals surface area contributed by atoms with E-state index in [1.807, 2.05) is 12.1 Å². The lowest BCUT2D eigenvalue weighted by Gasteiger charge is -2.24. The minimum Gasteiger partial charge on any atom is -0.481 e. The van der Waals surface area contributed by atoms with Crippen molar-refractivity contribution in [3.63, 3.8) is 0 Å². The molecule has 3 rings (SSSR count). The smallest absolute Gasteiger partial charge is 0.303 e. The van der Waals surface area contributed by atoms with Crippen molar-refractivity contribution in [2.45, 2.75) is 13.3 Å². The Balaban J connectivity index is 1.73. The molecule has 1 unspecified atom stereocenters. The van der Waals surface area contributed by atoms with Gasteiger partial charge in [0.05, 0.1) is 12.0 Å². The first-order chi connectivity index (χ1) is 11.1. The zero-order chi connectivity index (χ0) is 16.2. The molecule has 1 fully saturated rings. The minimum absolute atomic E-state index is 0.0649. The fourth-order valence-corrected chi connectivity index (χ4v) is 2.69. The normalized spacial score (nSPS) is 18.7. The van der Waals surface area contributed by atoms with Crippen LogP contribution in [0, 0.1) is 12.8 Å². The molecule has 2 N–H and O–H groups in total. The second-order valence-corrected chi connectivity index (χ2v) is 5.67. The van der Waals surface area contributed by atoms with E-state index in [0.29, 0.717) is 24.8 Å². The van der Waals surface area contributed by atoms with Crippen LogP contribution in [0.2, 0.25) is 0 Å². The Labute approximate surface area is 133 Å². The van der Waals surface area contributed by atoms with Gasteiger partial charge in [0.2, 0.25) is 0 Å². The third kappa shape index (κ3) is 3.84. The molecule has 1 aliphatic rings. The van der Waals surface area contributed by atoms with Gasteiger partial charge in [-0.25, -0.2) is 4.98 Å². The van der Waals surface area contributed by atoms with Crippen molar-refractivity contribution in [3.05, 3.63) is 24.2 Å². The van der Waals surface area contributed by atoms with Crippen LogP contribution in [0.4, 0.5) is 5.82 Å². The number of aryl methyl sites for hydroxylation is 1. The predicted octanol–water partition coefficient (Wildman–Crippen LogP) is 0.941. The number of hydrogen-bond donors (Lipinski definition) is 2. The van der Waals surface area contributed by atoms with Crippen molar-refractivity contribution in [2.24, 2.45) is 5.92 Å². The Bertz CT molecular complexity index is 670. The number of pyridine rings is 1. The van der Waals surface area contributed by atoms with E-state index in [2.05, 4.69) is 25.3 Å². The van der Waals surface area contributed by atoms with E-state index >= 15 is 0 Å². The van der Waals surface area contributed by atoms with E-state index < -0.39 is 5.97 Å². The first-order valence-electron chi connectivity index (χ1n) is 7.56. The van der Waals surface area contributed by atoms with Crippen LogP contribution in [-0.2, 0) is 4.79 Å². The summed E-state index contributed by atoms with van der Waals surface area (Å²) in [6.45, 7) is 4.75. The number of rotatable bonds is 4. The van der Waals surface area contributed by atoms with Gasteiger partial charge in [-0.15, -0.1) is 0 Å². The van der Waals surface area contributed by atoms with Crippen LogP contribution in [0.1, 0.15) is 12.2 Å². The largest absolute Gasteiger partial charge is 0.481 e. The Morgan fingerprint density at radius 2 is 2.39 bits per heavy atom. The first-order valence-corrected chi connectivity index (χ1v) is 7.56. The summed E-state index contributed by atoms with van der Waals surface area (Å²) in [4.78, 5) is 21.7. The summed E-state index contributed by atoms with van der Waals surface area (Å²) in [5.74, 6) is 1.15. The Hall–Kier alpha value is -2.48. The molecule has 0 spiro atoms. The highest BCUT2D eigenvalue weighted by Gasteiger charge is 2.21. The Morgan fingerprint density at radius 1 is 1.52 bits per heavy atom. The van der Waals surface area contributed by atoms with Crippen molar-refractivity contribution >= 4 is 11.8 Å². The molecule has 1 saturated heterocycles. The number of hydrogen-bond acceptors (Lipinski definition) is 7. The van der Waals surface area contributed by atoms with E-state index in [9.17, 15) is 4.79 Å². The van der Waals surface area contributed by atoms with Crippen molar-refractivity contribution in [1.82, 2.24) is 20.4 Å². The van der Waals surface area contributed by atoms with Gasteiger partial charge in [0.25, 0.3) is 5.89 Å². The van der Waals surface area contributed by atoms with E-state index in [-0.39, 0.29) is 12.3 Å². The number of aliphatic carboxylic acids is 1. The second-order valence-electron chi connectivity index (χ2n) is 5.67. The van der Waals surface area contributed by atoms with E-state index in [0.717, 1.165) is 24.5 Å². The lowest BCUT2D eigenvalue weighted by Crippen LogP contribution is -2.31. The molecule has 3 heterocycles. The summed E-state index contributed by atoms with van der Waals surface area (Å²) in [7, 11) is 0. The third-order valence-corrected chi connectivity index (χ3v) is 3.78. The molecule has 2 aromatic rings. The molecule has 1 aliphatic heterocycles. The van der Waals surface area contributed by atoms with Crippen LogP contribution in [-0.4, -0.2) is 52.4 Å². The lowest BCUT2D eigenvalue weighted by molar-refractivity contribution is -0.137. The minimum atomic E-state index is -0.770. The fraction of sp³-hybridized carbons (Fsp3) is 0.467. The molecule has 1 atom stereocenters. The molecule has 8 nitrogen and oxygen atoms in total. The highest BCUT2D eigenvalue weighted by molar-refractivity contribution is 5.67. The molecule has 0 saturated carbocycles. The summed E-state index contributed by atoms with van der Waals surface area (Å²) in [5.41, 5.74) is 0.768. The van der Waals surface area contributed by atoms with E-state index in [1.54, 1.807) is 13.1 Å². The standard InChI is InChI=1S/C15H19N5O3/c1-10-18-15(23-19-10)12-2-3-13(17-8-12)20-5-4-16-7-11(9-20)6-14(21)22/h2-3,8,11,16H,4-7,9H2,1H3,(H,21,22). The van der Waals surface area contributed by atoms with Crippen LogP contribution in [0.5, 0.6) is 0 Å². The van der Waals surface area contributed by atoms with Crippen molar-refractivity contribution in [1.29, 1.82) is 0 Å². The predicted molar refractivity (Wildman–Crippen MR) is 83.1 cm³/mol. The van der Waals surface area contributed by atoms with Gasteiger partial charge < -0.3 is 19.8 Å². The van der Waals surface area contributed by atoms with Gasteiger partial charge in [0.1, 0.15) is 5.82 Å². The summed E-state index contributed by atoms with van der Waals surface area (Å²) < 4.78 is 5.13. The Morgan fingerprint density at radius 3 is 3.04 bits per heavy atom. The first kappa shape index (κ1) is 15.4. The number of carboxylic acids is 1. The van der Waals surface area contributed by atoms with Crippen molar-refractivity contribution in [3.8, 4) is 11.5 Å². The number of carbonyl (C=O) groups is 1. The molecule has 0 radical (unpaired) electrons. The highest BCUT2D eigenvalue weighted by atomic mass is 16.5. The maximum absolute atomic E-state index is 10.9. The summed E-state index contributed by atoms with van der Waals surface area (Å²) in [6, 6.07) is 3.79. The molecule has 23 heavy (non-hydrogen) atoms. The fourth-order valence-electron chi connectivity index (χ4n) is 2.69. The average Bonchev–Trinajstić information content (AvgIpc) is 2.83. The van der Waals surface area contributed by atoms with Crippen LogP contribution in [0.15, 0.2) is 22.9 Å². The van der Waals surface area contributed by atoms with Gasteiger partial charge in [-0.05, 0) is 25.0 Å². The number of nitrogens with one attached hydrogen (secondary N) is 1. The monoisotopic (exact) mass is 317 g/mol. The molecule has 0 bridgehead atoms. The zero-order valence-corrected chi connectivity index (χ0v) is 12.9. The topological polar surface area (TPSA) is 104 Å². The molecule has 0 aromatic carbocycles. The molecule has 8 heteroatoms. The van der Waals surface area contributed by atoms with Crippen molar-refractivity contribution in [2.75, 3.05) is 31.1 Å². The molecule has 0 aliphatic carbocycles. The van der Waals surface area contributed by atoms with E-state index in [1.165, 1.54) is 0 Å². The zero-order valence-electron chi connectivity index (χ0n) is 12.9. The quantitative estimate of drug-likeness (QED) is 0.858. The van der Waals surface area contributed by atoms with E-state index in [4.69, 9.17) is 9.63 Å². The van der Waals surface area contributed by atoms with Gasteiger partial charge in [0.15, 0.2) is 5.82 Å². The van der Waals surface area contributed by atoms with Crippen LogP contribution < -0.4 is 10.2 Å². The van der Waals surface area contributed by atoms with Gasteiger partial charge in [-0.3, -0.25) is 4.79 Å². The molecular weight excluding hydrogens is 298 g/mol. The van der Waals surface area contributed by atoms with Crippen LogP contribution >= 0.6 is 0 Å². The van der Waals surface area contributed by atoms with Crippen LogP contribution in [0.25, 0.3) is 11.5 Å².